The number of hydrogen-bond donors (Lipinski definition) is 1. The summed E-state index contributed by atoms with van der Waals surface area (Å²) in [6, 6.07) is 6.23. The van der Waals surface area contributed by atoms with Gasteiger partial charge in [-0.1, -0.05) is 0 Å². The summed E-state index contributed by atoms with van der Waals surface area (Å²) in [6.07, 6.45) is 0. The molecule has 1 aromatic carbocycles. The standard InChI is InChI=1S/C11H14BrNSSe/c1-7(2)14-6-9-4-3-8(11(13)15)5-10(9)12/h3-5,7H,6H2,1-2H3,(H2,13,15). The third-order valence-electron chi connectivity index (χ3n) is 1.91. The van der Waals surface area contributed by atoms with Crippen LogP contribution < -0.4 is 5.73 Å². The Hall–Kier alpha value is 0.239. The fraction of sp³-hybridized carbons (Fsp3) is 0.364. The summed E-state index contributed by atoms with van der Waals surface area (Å²) in [5, 5.41) is 0.660. The second kappa shape index (κ2) is 6.09. The third-order valence-corrected chi connectivity index (χ3v) is 4.29. The third kappa shape index (κ3) is 4.31. The molecule has 0 heterocycles. The Morgan fingerprint density at radius 2 is 2.20 bits per heavy atom. The number of thioether (sulfide) groups is 1. The average Bonchev–Trinajstić information content (AvgIpc) is 2.15. The number of hydrogen-bond acceptors (Lipinski definition) is 2. The second-order valence-corrected chi connectivity index (χ2v) is 6.87. The van der Waals surface area contributed by atoms with E-state index >= 15 is 0 Å². The van der Waals surface area contributed by atoms with Gasteiger partial charge in [-0.2, -0.15) is 0 Å². The zero-order valence-electron chi connectivity index (χ0n) is 8.79. The summed E-state index contributed by atoms with van der Waals surface area (Å²) in [5.74, 6) is 1.03. The van der Waals surface area contributed by atoms with Crippen molar-refractivity contribution in [1.82, 2.24) is 0 Å². The molecule has 1 nitrogen and oxygen atoms in total. The van der Waals surface area contributed by atoms with Crippen molar-refractivity contribution in [2.45, 2.75) is 24.9 Å². The van der Waals surface area contributed by atoms with Crippen molar-refractivity contribution >= 4 is 47.8 Å². The molecule has 0 fully saturated rings. The van der Waals surface area contributed by atoms with Gasteiger partial charge in [0.2, 0.25) is 0 Å². The molecule has 1 rings (SSSR count). The average molecular weight is 351 g/mol. The minimum absolute atomic E-state index is 0.660. The van der Waals surface area contributed by atoms with Crippen LogP contribution >= 0.6 is 27.7 Å². The van der Waals surface area contributed by atoms with Crippen molar-refractivity contribution in [3.63, 3.8) is 0 Å². The number of benzene rings is 1. The van der Waals surface area contributed by atoms with Crippen molar-refractivity contribution in [2.24, 2.45) is 5.73 Å². The molecule has 0 atom stereocenters. The molecule has 0 saturated carbocycles. The number of halogens is 1. The van der Waals surface area contributed by atoms with Crippen LogP contribution in [0.4, 0.5) is 0 Å². The fourth-order valence-electron chi connectivity index (χ4n) is 1.07. The van der Waals surface area contributed by atoms with Gasteiger partial charge in [0.05, 0.1) is 0 Å². The Labute approximate surface area is 112 Å². The molecule has 0 bridgehead atoms. The Kier molecular flexibility index (Phi) is 5.40. The van der Waals surface area contributed by atoms with Crippen LogP contribution in [-0.2, 0) is 5.75 Å². The molecular formula is C11H14BrNSSe. The van der Waals surface area contributed by atoms with Crippen LogP contribution in [-0.4, -0.2) is 25.4 Å². The van der Waals surface area contributed by atoms with E-state index in [0.29, 0.717) is 5.25 Å². The second-order valence-electron chi connectivity index (χ2n) is 3.53. The first-order chi connectivity index (χ1) is 7.00. The maximum absolute atomic E-state index is 5.69. The monoisotopic (exact) mass is 351 g/mol. The van der Waals surface area contributed by atoms with Gasteiger partial charge in [0.15, 0.2) is 0 Å². The molecule has 82 valence electrons. The minimum atomic E-state index is 0.660. The SMILES string of the molecule is CC(C)SCc1ccc(C(N)=[Se])cc1Br. The van der Waals surface area contributed by atoms with Gasteiger partial charge in [0, 0.05) is 0 Å². The van der Waals surface area contributed by atoms with E-state index in [4.69, 9.17) is 5.73 Å². The first kappa shape index (κ1) is 13.3. The first-order valence-corrected chi connectivity index (χ1v) is 7.40. The molecule has 1 aromatic rings. The van der Waals surface area contributed by atoms with Crippen molar-refractivity contribution in [3.05, 3.63) is 33.8 Å². The topological polar surface area (TPSA) is 26.0 Å². The van der Waals surface area contributed by atoms with Crippen molar-refractivity contribution < 1.29 is 0 Å². The molecule has 0 aromatic heterocycles. The van der Waals surface area contributed by atoms with Gasteiger partial charge in [-0.3, -0.25) is 0 Å². The Balaban J connectivity index is 2.79. The molecule has 0 radical (unpaired) electrons. The molecule has 2 N–H and O–H groups in total. The zero-order chi connectivity index (χ0) is 11.4. The van der Waals surface area contributed by atoms with Gasteiger partial charge < -0.3 is 0 Å². The van der Waals surface area contributed by atoms with E-state index in [1.807, 2.05) is 17.8 Å². The van der Waals surface area contributed by atoms with E-state index in [1.54, 1.807) is 0 Å². The predicted molar refractivity (Wildman–Crippen MR) is 74.6 cm³/mol. The van der Waals surface area contributed by atoms with Crippen LogP contribution in [0.25, 0.3) is 0 Å². The Morgan fingerprint density at radius 3 is 2.67 bits per heavy atom. The Morgan fingerprint density at radius 1 is 1.53 bits per heavy atom. The van der Waals surface area contributed by atoms with Gasteiger partial charge >= 0.3 is 112 Å². The zero-order valence-corrected chi connectivity index (χ0v) is 12.9. The van der Waals surface area contributed by atoms with Crippen LogP contribution in [0.15, 0.2) is 22.7 Å². The van der Waals surface area contributed by atoms with Gasteiger partial charge in [-0.15, -0.1) is 0 Å². The number of nitrogens with two attached hydrogens (primary N) is 1. The quantitative estimate of drug-likeness (QED) is 0.845. The number of rotatable bonds is 4. The molecule has 0 unspecified atom stereocenters. The molecule has 0 aliphatic rings. The normalized spacial score (nSPS) is 10.7. The van der Waals surface area contributed by atoms with E-state index in [0.717, 1.165) is 20.3 Å². The molecular weight excluding hydrogens is 337 g/mol. The van der Waals surface area contributed by atoms with Crippen LogP contribution in [0, 0.1) is 0 Å². The van der Waals surface area contributed by atoms with Crippen LogP contribution in [0.1, 0.15) is 25.0 Å². The van der Waals surface area contributed by atoms with E-state index in [1.165, 1.54) is 5.56 Å². The summed E-state index contributed by atoms with van der Waals surface area (Å²) < 4.78 is 1.87. The van der Waals surface area contributed by atoms with E-state index in [9.17, 15) is 0 Å². The summed E-state index contributed by atoms with van der Waals surface area (Å²) in [6.45, 7) is 4.42. The summed E-state index contributed by atoms with van der Waals surface area (Å²) in [7, 11) is 0. The molecule has 0 aliphatic carbocycles. The van der Waals surface area contributed by atoms with Gasteiger partial charge in [-0.05, 0) is 0 Å². The molecule has 15 heavy (non-hydrogen) atoms. The van der Waals surface area contributed by atoms with Gasteiger partial charge in [-0.25, -0.2) is 0 Å². The summed E-state index contributed by atoms with van der Waals surface area (Å²) >= 11 is 8.33. The molecule has 0 aliphatic heterocycles. The summed E-state index contributed by atoms with van der Waals surface area (Å²) in [5.41, 5.74) is 8.05. The first-order valence-electron chi connectivity index (χ1n) is 4.70. The van der Waals surface area contributed by atoms with Crippen molar-refractivity contribution in [3.8, 4) is 0 Å². The molecule has 0 amide bonds. The van der Waals surface area contributed by atoms with E-state index < -0.39 is 0 Å². The molecule has 4 heteroatoms. The van der Waals surface area contributed by atoms with Gasteiger partial charge in [0.25, 0.3) is 0 Å². The van der Waals surface area contributed by atoms with Crippen LogP contribution in [0.3, 0.4) is 0 Å². The molecule has 0 saturated heterocycles. The van der Waals surface area contributed by atoms with E-state index in [-0.39, 0.29) is 0 Å². The predicted octanol–water partition coefficient (Wildman–Crippen LogP) is 2.70. The van der Waals surface area contributed by atoms with Crippen LogP contribution in [0.2, 0.25) is 0 Å². The maximum atomic E-state index is 5.69. The molecule has 0 spiro atoms. The van der Waals surface area contributed by atoms with Gasteiger partial charge in [0.1, 0.15) is 0 Å². The Bertz CT molecular complexity index is 366. The van der Waals surface area contributed by atoms with Crippen molar-refractivity contribution in [1.29, 1.82) is 0 Å². The fourth-order valence-corrected chi connectivity index (χ4v) is 2.81. The van der Waals surface area contributed by atoms with Crippen molar-refractivity contribution in [2.75, 3.05) is 0 Å². The van der Waals surface area contributed by atoms with E-state index in [2.05, 4.69) is 57.5 Å². The van der Waals surface area contributed by atoms with Crippen LogP contribution in [0.5, 0.6) is 0 Å². The summed E-state index contributed by atoms with van der Waals surface area (Å²) in [4.78, 5) is 0.